The van der Waals surface area contributed by atoms with Gasteiger partial charge in [-0.3, -0.25) is 9.78 Å². The van der Waals surface area contributed by atoms with Crippen LogP contribution in [0.1, 0.15) is 6.42 Å². The molecule has 1 unspecified atom stereocenters. The molecule has 5 heteroatoms. The molecule has 0 fully saturated rings. The lowest BCUT2D eigenvalue weighted by Gasteiger charge is -2.12. The molecular weight excluding hydrogens is 244 g/mol. The molecule has 0 saturated heterocycles. The van der Waals surface area contributed by atoms with Crippen LogP contribution in [0.5, 0.6) is 5.75 Å². The number of nitrogens with zero attached hydrogens (tertiary/aromatic N) is 1. The number of nitrogens with one attached hydrogen (secondary N) is 1. The maximum Gasteiger partial charge on any atom is 0.320 e. The third kappa shape index (κ3) is 3.42. The highest BCUT2D eigenvalue weighted by Gasteiger charge is 2.14. The fourth-order valence-corrected chi connectivity index (χ4v) is 1.82. The van der Waals surface area contributed by atoms with Gasteiger partial charge >= 0.3 is 5.97 Å². The first-order valence-electron chi connectivity index (χ1n) is 6.08. The summed E-state index contributed by atoms with van der Waals surface area (Å²) in [7, 11) is 1.62. The summed E-state index contributed by atoms with van der Waals surface area (Å²) in [5.74, 6) is -0.169. The van der Waals surface area contributed by atoms with Gasteiger partial charge in [0.2, 0.25) is 0 Å². The second-order valence-corrected chi connectivity index (χ2v) is 4.17. The number of likely N-dealkylation sites (N-methyl/N-ethyl adjacent to an activating group) is 1. The van der Waals surface area contributed by atoms with Crippen molar-refractivity contribution in [3.05, 3.63) is 36.5 Å². The molecule has 1 aromatic carbocycles. The van der Waals surface area contributed by atoms with Crippen molar-refractivity contribution in [2.24, 2.45) is 0 Å². The second kappa shape index (κ2) is 6.15. The number of rotatable bonds is 6. The number of aliphatic carboxylic acids is 1. The van der Waals surface area contributed by atoms with Crippen LogP contribution in [0.25, 0.3) is 10.9 Å². The van der Waals surface area contributed by atoms with E-state index in [1.54, 1.807) is 13.2 Å². The van der Waals surface area contributed by atoms with Crippen molar-refractivity contribution in [2.75, 3.05) is 13.7 Å². The van der Waals surface area contributed by atoms with Gasteiger partial charge in [-0.25, -0.2) is 0 Å². The molecule has 1 aromatic heterocycles. The molecule has 2 aromatic rings. The molecule has 0 spiro atoms. The molecule has 1 heterocycles. The minimum Gasteiger partial charge on any atom is -0.493 e. The van der Waals surface area contributed by atoms with Gasteiger partial charge in [-0.2, -0.15) is 0 Å². The Morgan fingerprint density at radius 2 is 2.32 bits per heavy atom. The standard InChI is InChI=1S/C14H16N2O3/c1-15-12(14(17)18)6-8-19-11-5-4-10-3-2-7-16-13(10)9-11/h2-5,7,9,12,15H,6,8H2,1H3,(H,17,18). The molecule has 0 aliphatic heterocycles. The summed E-state index contributed by atoms with van der Waals surface area (Å²) < 4.78 is 5.55. The molecular formula is C14H16N2O3. The number of ether oxygens (including phenoxy) is 1. The molecule has 100 valence electrons. The Labute approximate surface area is 111 Å². The second-order valence-electron chi connectivity index (χ2n) is 4.17. The molecule has 2 N–H and O–H groups in total. The number of carboxylic acid groups (broad SMARTS) is 1. The molecule has 0 saturated carbocycles. The van der Waals surface area contributed by atoms with E-state index in [4.69, 9.17) is 9.84 Å². The Morgan fingerprint density at radius 3 is 3.05 bits per heavy atom. The Hall–Kier alpha value is -2.14. The number of hydrogen-bond donors (Lipinski definition) is 2. The molecule has 5 nitrogen and oxygen atoms in total. The number of hydrogen-bond acceptors (Lipinski definition) is 4. The van der Waals surface area contributed by atoms with Gasteiger partial charge in [-0.15, -0.1) is 0 Å². The van der Waals surface area contributed by atoms with Crippen molar-refractivity contribution < 1.29 is 14.6 Å². The lowest BCUT2D eigenvalue weighted by molar-refractivity contribution is -0.139. The molecule has 0 radical (unpaired) electrons. The highest BCUT2D eigenvalue weighted by molar-refractivity contribution is 5.79. The van der Waals surface area contributed by atoms with E-state index in [1.165, 1.54) is 0 Å². The van der Waals surface area contributed by atoms with Crippen LogP contribution in [0.3, 0.4) is 0 Å². The monoisotopic (exact) mass is 260 g/mol. The minimum atomic E-state index is -0.869. The lowest BCUT2D eigenvalue weighted by Crippen LogP contribution is -2.35. The van der Waals surface area contributed by atoms with Crippen LogP contribution in [-0.2, 0) is 4.79 Å². The maximum atomic E-state index is 10.8. The van der Waals surface area contributed by atoms with Gasteiger partial charge in [0.1, 0.15) is 11.8 Å². The van der Waals surface area contributed by atoms with Crippen LogP contribution < -0.4 is 10.1 Å². The number of fused-ring (bicyclic) bond motifs is 1. The summed E-state index contributed by atoms with van der Waals surface area (Å²) in [6, 6.07) is 8.92. The third-order valence-corrected chi connectivity index (χ3v) is 2.90. The number of carboxylic acids is 1. The average molecular weight is 260 g/mol. The molecule has 1 atom stereocenters. The fourth-order valence-electron chi connectivity index (χ4n) is 1.82. The summed E-state index contributed by atoms with van der Waals surface area (Å²) in [5.41, 5.74) is 0.864. The molecule has 0 aliphatic rings. The quantitative estimate of drug-likeness (QED) is 0.826. The average Bonchev–Trinajstić information content (AvgIpc) is 2.43. The van der Waals surface area contributed by atoms with Gasteiger partial charge in [0.05, 0.1) is 12.1 Å². The lowest BCUT2D eigenvalue weighted by atomic mass is 10.2. The Balaban J connectivity index is 1.96. The molecule has 0 aliphatic carbocycles. The number of aromatic nitrogens is 1. The van der Waals surface area contributed by atoms with Crippen LogP contribution in [0, 0.1) is 0 Å². The zero-order valence-corrected chi connectivity index (χ0v) is 10.7. The van der Waals surface area contributed by atoms with Crippen molar-refractivity contribution in [2.45, 2.75) is 12.5 Å². The van der Waals surface area contributed by atoms with Gasteiger partial charge in [-0.05, 0) is 25.2 Å². The topological polar surface area (TPSA) is 71.5 Å². The number of carbonyl (C=O) groups is 1. The molecule has 0 bridgehead atoms. The van der Waals surface area contributed by atoms with E-state index in [-0.39, 0.29) is 0 Å². The summed E-state index contributed by atoms with van der Waals surface area (Å²) in [5, 5.41) is 12.7. The van der Waals surface area contributed by atoms with E-state index in [9.17, 15) is 4.79 Å². The van der Waals surface area contributed by atoms with E-state index in [0.29, 0.717) is 18.8 Å². The predicted octanol–water partition coefficient (Wildman–Crippen LogP) is 1.68. The van der Waals surface area contributed by atoms with Gasteiger partial charge < -0.3 is 15.2 Å². The van der Waals surface area contributed by atoms with E-state index in [2.05, 4.69) is 10.3 Å². The van der Waals surface area contributed by atoms with Crippen molar-refractivity contribution in [1.82, 2.24) is 10.3 Å². The number of benzene rings is 1. The van der Waals surface area contributed by atoms with Crippen molar-refractivity contribution >= 4 is 16.9 Å². The van der Waals surface area contributed by atoms with Crippen LogP contribution in [-0.4, -0.2) is 35.8 Å². The highest BCUT2D eigenvalue weighted by atomic mass is 16.5. The Kier molecular flexibility index (Phi) is 4.30. The van der Waals surface area contributed by atoms with E-state index in [1.807, 2.05) is 30.3 Å². The van der Waals surface area contributed by atoms with Gasteiger partial charge in [0, 0.05) is 24.1 Å². The Bertz CT molecular complexity index is 571. The third-order valence-electron chi connectivity index (χ3n) is 2.90. The van der Waals surface area contributed by atoms with Crippen LogP contribution in [0.2, 0.25) is 0 Å². The van der Waals surface area contributed by atoms with E-state index in [0.717, 1.165) is 10.9 Å². The van der Waals surface area contributed by atoms with Crippen LogP contribution in [0.15, 0.2) is 36.5 Å². The number of pyridine rings is 1. The van der Waals surface area contributed by atoms with Crippen molar-refractivity contribution in [1.29, 1.82) is 0 Å². The normalized spacial score (nSPS) is 12.3. The summed E-state index contributed by atoms with van der Waals surface area (Å²) in [6.07, 6.45) is 2.14. The SMILES string of the molecule is CNC(CCOc1ccc2cccnc2c1)C(=O)O. The van der Waals surface area contributed by atoms with Crippen LogP contribution in [0.4, 0.5) is 0 Å². The smallest absolute Gasteiger partial charge is 0.320 e. The van der Waals surface area contributed by atoms with Crippen LogP contribution >= 0.6 is 0 Å². The van der Waals surface area contributed by atoms with Crippen molar-refractivity contribution in [3.63, 3.8) is 0 Å². The molecule has 2 rings (SSSR count). The van der Waals surface area contributed by atoms with Gasteiger partial charge in [0.15, 0.2) is 0 Å². The minimum absolute atomic E-state index is 0.343. The molecule has 19 heavy (non-hydrogen) atoms. The largest absolute Gasteiger partial charge is 0.493 e. The molecule has 0 amide bonds. The summed E-state index contributed by atoms with van der Waals surface area (Å²) >= 11 is 0. The van der Waals surface area contributed by atoms with Gasteiger partial charge in [-0.1, -0.05) is 6.07 Å². The summed E-state index contributed by atoms with van der Waals surface area (Å²) in [4.78, 5) is 15.1. The van der Waals surface area contributed by atoms with E-state index >= 15 is 0 Å². The first kappa shape index (κ1) is 13.3. The van der Waals surface area contributed by atoms with Crippen molar-refractivity contribution in [3.8, 4) is 5.75 Å². The summed E-state index contributed by atoms with van der Waals surface area (Å²) in [6.45, 7) is 0.343. The fraction of sp³-hybridized carbons (Fsp3) is 0.286. The predicted molar refractivity (Wildman–Crippen MR) is 72.3 cm³/mol. The Morgan fingerprint density at radius 1 is 1.47 bits per heavy atom. The highest BCUT2D eigenvalue weighted by Crippen LogP contribution is 2.18. The zero-order valence-electron chi connectivity index (χ0n) is 10.7. The maximum absolute atomic E-state index is 10.8. The van der Waals surface area contributed by atoms with E-state index < -0.39 is 12.0 Å². The first-order valence-corrected chi connectivity index (χ1v) is 6.08. The zero-order chi connectivity index (χ0) is 13.7. The first-order chi connectivity index (χ1) is 9.20. The van der Waals surface area contributed by atoms with Gasteiger partial charge in [0.25, 0.3) is 0 Å².